The molecule has 0 radical (unpaired) electrons. The maximum absolute atomic E-state index is 13.4. The van der Waals surface area contributed by atoms with Gasteiger partial charge in [-0.25, -0.2) is 4.39 Å². The molecule has 0 unspecified atom stereocenters. The summed E-state index contributed by atoms with van der Waals surface area (Å²) in [7, 11) is 0. The molecule has 3 nitrogen and oxygen atoms in total. The number of esters is 1. The highest BCUT2D eigenvalue weighted by atomic mass is 19.1. The van der Waals surface area contributed by atoms with E-state index >= 15 is 0 Å². The molecule has 1 saturated heterocycles. The molecule has 0 atom stereocenters. The number of hydrogen-bond donors (Lipinski definition) is 1. The molecule has 1 heterocycles. The summed E-state index contributed by atoms with van der Waals surface area (Å²) in [5.74, 6) is -0.462. The molecule has 0 aromatic heterocycles. The van der Waals surface area contributed by atoms with Crippen LogP contribution in [0, 0.1) is 0 Å². The summed E-state index contributed by atoms with van der Waals surface area (Å²) in [6.45, 7) is 5.83. The second kappa shape index (κ2) is 3.25. The zero-order valence-electron chi connectivity index (χ0n) is 8.32. The van der Waals surface area contributed by atoms with Gasteiger partial charge in [-0.3, -0.25) is 4.79 Å². The van der Waals surface area contributed by atoms with Crippen LogP contribution in [0.5, 0.6) is 0 Å². The third-order valence-electron chi connectivity index (χ3n) is 1.76. The number of nitrogens with one attached hydrogen (secondary N) is 1. The Labute approximate surface area is 77.6 Å². The lowest BCUT2D eigenvalue weighted by Gasteiger charge is -2.34. The topological polar surface area (TPSA) is 38.3 Å². The van der Waals surface area contributed by atoms with Gasteiger partial charge in [0.25, 0.3) is 0 Å². The van der Waals surface area contributed by atoms with Gasteiger partial charge in [0, 0.05) is 13.1 Å². The number of carbonyl (C=O) groups is 1. The predicted octanol–water partition coefficient (Wildman–Crippen LogP) is 1.03. The number of alkyl halides is 1. The van der Waals surface area contributed by atoms with E-state index in [-0.39, 0.29) is 19.5 Å². The molecular weight excluding hydrogens is 173 g/mol. The minimum Gasteiger partial charge on any atom is -0.460 e. The van der Waals surface area contributed by atoms with Crippen LogP contribution < -0.4 is 5.32 Å². The lowest BCUT2D eigenvalue weighted by atomic mass is 9.95. The number of hydrogen-bond acceptors (Lipinski definition) is 3. The Morgan fingerprint density at radius 3 is 2.38 bits per heavy atom. The SMILES string of the molecule is CC(C)(C)OC(=O)CC1(F)CNC1. The lowest BCUT2D eigenvalue weighted by Crippen LogP contribution is -2.57. The van der Waals surface area contributed by atoms with Crippen molar-refractivity contribution in [1.82, 2.24) is 5.32 Å². The van der Waals surface area contributed by atoms with E-state index in [9.17, 15) is 9.18 Å². The van der Waals surface area contributed by atoms with Crippen molar-refractivity contribution in [3.05, 3.63) is 0 Å². The van der Waals surface area contributed by atoms with Crippen LogP contribution in [0.25, 0.3) is 0 Å². The Kier molecular flexibility index (Phi) is 2.61. The van der Waals surface area contributed by atoms with E-state index in [0.29, 0.717) is 0 Å². The molecule has 1 fully saturated rings. The van der Waals surface area contributed by atoms with Crippen molar-refractivity contribution >= 4 is 5.97 Å². The maximum Gasteiger partial charge on any atom is 0.309 e. The number of ether oxygens (including phenoxy) is 1. The van der Waals surface area contributed by atoms with Crippen molar-refractivity contribution < 1.29 is 13.9 Å². The van der Waals surface area contributed by atoms with Gasteiger partial charge in [-0.1, -0.05) is 0 Å². The molecule has 0 aromatic carbocycles. The third-order valence-corrected chi connectivity index (χ3v) is 1.76. The van der Waals surface area contributed by atoms with Crippen molar-refractivity contribution in [2.45, 2.75) is 38.5 Å². The summed E-state index contributed by atoms with van der Waals surface area (Å²) in [6.07, 6.45) is -0.142. The molecule has 76 valence electrons. The largest absolute Gasteiger partial charge is 0.460 e. The Morgan fingerprint density at radius 2 is 2.08 bits per heavy atom. The van der Waals surface area contributed by atoms with E-state index in [1.54, 1.807) is 20.8 Å². The van der Waals surface area contributed by atoms with E-state index < -0.39 is 17.2 Å². The fourth-order valence-corrected chi connectivity index (χ4v) is 1.16. The zero-order valence-corrected chi connectivity index (χ0v) is 8.32. The van der Waals surface area contributed by atoms with Gasteiger partial charge in [0.2, 0.25) is 0 Å². The normalized spacial score (nSPS) is 20.6. The van der Waals surface area contributed by atoms with Crippen LogP contribution in [-0.4, -0.2) is 30.3 Å². The standard InChI is InChI=1S/C9H16FNO2/c1-8(2,3)13-7(12)4-9(10)5-11-6-9/h11H,4-6H2,1-3H3. The van der Waals surface area contributed by atoms with Crippen LogP contribution >= 0.6 is 0 Å². The molecule has 0 aromatic rings. The molecular formula is C9H16FNO2. The summed E-state index contributed by atoms with van der Waals surface area (Å²) in [6, 6.07) is 0. The summed E-state index contributed by atoms with van der Waals surface area (Å²) in [5, 5.41) is 2.79. The smallest absolute Gasteiger partial charge is 0.309 e. The minimum absolute atomic E-state index is 0.142. The molecule has 0 spiro atoms. The average Bonchev–Trinajstić information content (AvgIpc) is 1.79. The van der Waals surface area contributed by atoms with Crippen molar-refractivity contribution in [3.63, 3.8) is 0 Å². The molecule has 0 bridgehead atoms. The summed E-state index contributed by atoms with van der Waals surface area (Å²) in [4.78, 5) is 11.2. The number of rotatable bonds is 2. The Balaban J connectivity index is 2.33. The van der Waals surface area contributed by atoms with Gasteiger partial charge in [0.15, 0.2) is 0 Å². The second-order valence-electron chi connectivity index (χ2n) is 4.52. The van der Waals surface area contributed by atoms with Gasteiger partial charge in [-0.05, 0) is 20.8 Å². The quantitative estimate of drug-likeness (QED) is 0.659. The van der Waals surface area contributed by atoms with Gasteiger partial charge in [0.05, 0.1) is 6.42 Å². The maximum atomic E-state index is 13.4. The summed E-state index contributed by atoms with van der Waals surface area (Å²) in [5.41, 5.74) is -1.90. The number of carbonyl (C=O) groups excluding carboxylic acids is 1. The van der Waals surface area contributed by atoms with Gasteiger partial charge in [-0.15, -0.1) is 0 Å². The van der Waals surface area contributed by atoms with Crippen molar-refractivity contribution in [1.29, 1.82) is 0 Å². The van der Waals surface area contributed by atoms with Gasteiger partial charge in [-0.2, -0.15) is 0 Å². The zero-order chi connectivity index (χ0) is 10.1. The van der Waals surface area contributed by atoms with Crippen LogP contribution in [0.15, 0.2) is 0 Å². The van der Waals surface area contributed by atoms with E-state index in [1.807, 2.05) is 0 Å². The first-order chi connectivity index (χ1) is 5.81. The molecule has 4 heteroatoms. The van der Waals surface area contributed by atoms with E-state index in [2.05, 4.69) is 5.32 Å². The Hall–Kier alpha value is -0.640. The Bertz CT molecular complexity index is 206. The molecule has 13 heavy (non-hydrogen) atoms. The van der Waals surface area contributed by atoms with Crippen LogP contribution in [0.2, 0.25) is 0 Å². The highest BCUT2D eigenvalue weighted by Crippen LogP contribution is 2.22. The molecule has 0 saturated carbocycles. The molecule has 1 N–H and O–H groups in total. The van der Waals surface area contributed by atoms with Crippen LogP contribution in [0.1, 0.15) is 27.2 Å². The highest BCUT2D eigenvalue weighted by Gasteiger charge is 2.40. The van der Waals surface area contributed by atoms with Gasteiger partial charge >= 0.3 is 5.97 Å². The molecule has 1 rings (SSSR count). The summed E-state index contributed by atoms with van der Waals surface area (Å²) >= 11 is 0. The first kappa shape index (κ1) is 10.4. The van der Waals surface area contributed by atoms with Crippen molar-refractivity contribution in [2.75, 3.05) is 13.1 Å². The summed E-state index contributed by atoms with van der Waals surface area (Å²) < 4.78 is 18.4. The Morgan fingerprint density at radius 1 is 1.54 bits per heavy atom. The van der Waals surface area contributed by atoms with E-state index in [0.717, 1.165) is 0 Å². The highest BCUT2D eigenvalue weighted by molar-refractivity contribution is 5.71. The monoisotopic (exact) mass is 189 g/mol. The first-order valence-corrected chi connectivity index (χ1v) is 4.42. The first-order valence-electron chi connectivity index (χ1n) is 4.42. The fraction of sp³-hybridized carbons (Fsp3) is 0.889. The minimum atomic E-state index is -1.37. The van der Waals surface area contributed by atoms with E-state index in [4.69, 9.17) is 4.74 Å². The van der Waals surface area contributed by atoms with Crippen LogP contribution in [-0.2, 0) is 9.53 Å². The molecule has 0 aliphatic carbocycles. The second-order valence-corrected chi connectivity index (χ2v) is 4.52. The lowest BCUT2D eigenvalue weighted by molar-refractivity contribution is -0.159. The van der Waals surface area contributed by atoms with Crippen molar-refractivity contribution in [3.8, 4) is 0 Å². The molecule has 1 aliphatic rings. The average molecular weight is 189 g/mol. The predicted molar refractivity (Wildman–Crippen MR) is 47.2 cm³/mol. The van der Waals surface area contributed by atoms with Crippen LogP contribution in [0.3, 0.4) is 0 Å². The van der Waals surface area contributed by atoms with E-state index in [1.165, 1.54) is 0 Å². The third kappa shape index (κ3) is 3.30. The molecule has 0 amide bonds. The molecule has 1 aliphatic heterocycles. The van der Waals surface area contributed by atoms with Gasteiger partial charge < -0.3 is 10.1 Å². The van der Waals surface area contributed by atoms with Gasteiger partial charge in [0.1, 0.15) is 11.3 Å². The van der Waals surface area contributed by atoms with Crippen LogP contribution in [0.4, 0.5) is 4.39 Å². The number of halogens is 1. The van der Waals surface area contributed by atoms with Crippen molar-refractivity contribution in [2.24, 2.45) is 0 Å². The fourth-order valence-electron chi connectivity index (χ4n) is 1.16.